The molecule has 0 amide bonds. The number of aryl methyl sites for hydroxylation is 2. The van der Waals surface area contributed by atoms with Gasteiger partial charge < -0.3 is 9.72 Å². The Balaban J connectivity index is 1.84. The number of aromatic amines is 1. The highest BCUT2D eigenvalue weighted by atomic mass is 32.1. The average Bonchev–Trinajstić information content (AvgIpc) is 2.84. The minimum absolute atomic E-state index is 0.107. The second-order valence-electron chi connectivity index (χ2n) is 4.76. The molecule has 20 heavy (non-hydrogen) atoms. The molecule has 2 aromatic heterocycles. The maximum absolute atomic E-state index is 11.8. The van der Waals surface area contributed by atoms with Crippen LogP contribution in [0.4, 0.5) is 0 Å². The molecule has 102 valence electrons. The van der Waals surface area contributed by atoms with Gasteiger partial charge in [-0.15, -0.1) is 11.3 Å². The molecule has 0 atom stereocenters. The van der Waals surface area contributed by atoms with Crippen LogP contribution in [0.1, 0.15) is 17.0 Å². The van der Waals surface area contributed by atoms with Crippen molar-refractivity contribution in [3.8, 4) is 5.75 Å². The van der Waals surface area contributed by atoms with Gasteiger partial charge in [0.1, 0.15) is 22.9 Å². The van der Waals surface area contributed by atoms with E-state index in [-0.39, 0.29) is 12.2 Å². The normalized spacial score (nSPS) is 10.9. The molecule has 1 N–H and O–H groups in total. The first-order valence-electron chi connectivity index (χ1n) is 6.29. The second kappa shape index (κ2) is 5.09. The highest BCUT2D eigenvalue weighted by Crippen LogP contribution is 2.18. The van der Waals surface area contributed by atoms with E-state index in [0.717, 1.165) is 22.4 Å². The average molecular weight is 286 g/mol. The number of hydrogen-bond acceptors (Lipinski definition) is 4. The largest absolute Gasteiger partial charge is 0.486 e. The number of thiophene rings is 1. The fourth-order valence-corrected chi connectivity index (χ4v) is 2.88. The predicted molar refractivity (Wildman–Crippen MR) is 80.5 cm³/mol. The maximum Gasteiger partial charge on any atom is 0.268 e. The van der Waals surface area contributed by atoms with Crippen molar-refractivity contribution in [2.24, 2.45) is 0 Å². The molecular weight excluding hydrogens is 272 g/mol. The van der Waals surface area contributed by atoms with E-state index in [2.05, 4.69) is 16.0 Å². The number of aromatic nitrogens is 2. The smallest absolute Gasteiger partial charge is 0.268 e. The number of nitrogens with zero attached hydrogens (tertiary/aromatic N) is 1. The summed E-state index contributed by atoms with van der Waals surface area (Å²) in [7, 11) is 0. The zero-order valence-electron chi connectivity index (χ0n) is 11.3. The number of nitrogens with one attached hydrogen (secondary N) is 1. The van der Waals surface area contributed by atoms with Crippen molar-refractivity contribution in [2.45, 2.75) is 20.5 Å². The molecule has 0 unspecified atom stereocenters. The molecule has 0 bridgehead atoms. The van der Waals surface area contributed by atoms with Crippen LogP contribution in [0.2, 0.25) is 0 Å². The zero-order valence-corrected chi connectivity index (χ0v) is 12.1. The molecule has 0 saturated heterocycles. The second-order valence-corrected chi connectivity index (χ2v) is 5.68. The predicted octanol–water partition coefficient (Wildman–Crippen LogP) is 3.18. The first-order chi connectivity index (χ1) is 9.61. The van der Waals surface area contributed by atoms with E-state index in [4.69, 9.17) is 4.74 Å². The summed E-state index contributed by atoms with van der Waals surface area (Å²) in [5, 5.41) is 1.86. The van der Waals surface area contributed by atoms with E-state index in [1.807, 2.05) is 37.4 Å². The number of fused-ring (bicyclic) bond motifs is 1. The summed E-state index contributed by atoms with van der Waals surface area (Å²) in [4.78, 5) is 19.0. The molecule has 0 fully saturated rings. The van der Waals surface area contributed by atoms with E-state index in [0.29, 0.717) is 10.5 Å². The van der Waals surface area contributed by atoms with E-state index in [1.165, 1.54) is 11.3 Å². The fourth-order valence-electron chi connectivity index (χ4n) is 2.16. The highest BCUT2D eigenvalue weighted by molar-refractivity contribution is 7.17. The van der Waals surface area contributed by atoms with Crippen molar-refractivity contribution in [2.75, 3.05) is 0 Å². The van der Waals surface area contributed by atoms with Crippen molar-refractivity contribution in [1.29, 1.82) is 0 Å². The van der Waals surface area contributed by atoms with Crippen LogP contribution in [0.3, 0.4) is 0 Å². The first-order valence-corrected chi connectivity index (χ1v) is 7.17. The standard InChI is InChI=1S/C15H14N2O2S/c1-9-5-10(2)7-11(6-9)19-8-13-16-12-3-4-20-14(12)15(18)17-13/h3-7H,8H2,1-2H3,(H,16,17,18). The summed E-state index contributed by atoms with van der Waals surface area (Å²) in [6.07, 6.45) is 0. The summed E-state index contributed by atoms with van der Waals surface area (Å²) in [5.74, 6) is 1.33. The van der Waals surface area contributed by atoms with Crippen molar-refractivity contribution < 1.29 is 4.74 Å². The van der Waals surface area contributed by atoms with Crippen LogP contribution in [0.15, 0.2) is 34.4 Å². The van der Waals surface area contributed by atoms with Gasteiger partial charge in [0.05, 0.1) is 5.52 Å². The molecule has 3 aromatic rings. The molecule has 5 heteroatoms. The lowest BCUT2D eigenvalue weighted by Gasteiger charge is -2.07. The van der Waals surface area contributed by atoms with Crippen LogP contribution in [0.5, 0.6) is 5.75 Å². The van der Waals surface area contributed by atoms with Crippen LogP contribution in [-0.4, -0.2) is 9.97 Å². The summed E-state index contributed by atoms with van der Waals surface area (Å²) in [6.45, 7) is 4.30. The van der Waals surface area contributed by atoms with Gasteiger partial charge in [0, 0.05) is 0 Å². The molecule has 0 aliphatic rings. The highest BCUT2D eigenvalue weighted by Gasteiger charge is 2.06. The molecule has 0 aliphatic heterocycles. The molecular formula is C15H14N2O2S. The molecule has 0 saturated carbocycles. The van der Waals surface area contributed by atoms with Gasteiger partial charge in [-0.1, -0.05) is 6.07 Å². The molecule has 2 heterocycles. The van der Waals surface area contributed by atoms with Crippen molar-refractivity contribution in [1.82, 2.24) is 9.97 Å². The van der Waals surface area contributed by atoms with E-state index in [9.17, 15) is 4.79 Å². The summed E-state index contributed by atoms with van der Waals surface area (Å²) in [5.41, 5.74) is 2.91. The monoisotopic (exact) mass is 286 g/mol. The Kier molecular flexibility index (Phi) is 3.28. The topological polar surface area (TPSA) is 55.0 Å². The van der Waals surface area contributed by atoms with Gasteiger partial charge in [-0.05, 0) is 48.6 Å². The van der Waals surface area contributed by atoms with Crippen LogP contribution in [0, 0.1) is 13.8 Å². The molecule has 1 aromatic carbocycles. The Hall–Kier alpha value is -2.14. The zero-order chi connectivity index (χ0) is 14.1. The lowest BCUT2D eigenvalue weighted by atomic mass is 10.1. The number of ether oxygens (including phenoxy) is 1. The molecule has 0 radical (unpaired) electrons. The van der Waals surface area contributed by atoms with Gasteiger partial charge in [0.2, 0.25) is 0 Å². The third kappa shape index (κ3) is 2.58. The van der Waals surface area contributed by atoms with Crippen molar-refractivity contribution in [3.05, 3.63) is 57.0 Å². The Bertz CT molecular complexity index is 800. The first kappa shape index (κ1) is 12.9. The van der Waals surface area contributed by atoms with Gasteiger partial charge in [-0.3, -0.25) is 4.79 Å². The molecule has 0 spiro atoms. The van der Waals surface area contributed by atoms with Gasteiger partial charge in [-0.25, -0.2) is 4.98 Å². The third-order valence-electron chi connectivity index (χ3n) is 2.93. The van der Waals surface area contributed by atoms with E-state index >= 15 is 0 Å². The maximum atomic E-state index is 11.8. The van der Waals surface area contributed by atoms with Crippen molar-refractivity contribution in [3.63, 3.8) is 0 Å². The van der Waals surface area contributed by atoms with E-state index in [1.54, 1.807) is 0 Å². The third-order valence-corrected chi connectivity index (χ3v) is 3.84. The Morgan fingerprint density at radius 2 is 2.00 bits per heavy atom. The molecule has 0 aliphatic carbocycles. The summed E-state index contributed by atoms with van der Waals surface area (Å²) < 4.78 is 6.36. The quantitative estimate of drug-likeness (QED) is 0.804. The minimum atomic E-state index is -0.107. The van der Waals surface area contributed by atoms with E-state index < -0.39 is 0 Å². The summed E-state index contributed by atoms with van der Waals surface area (Å²) >= 11 is 1.39. The number of H-pyrrole nitrogens is 1. The SMILES string of the molecule is Cc1cc(C)cc(OCc2nc3ccsc3c(=O)[nH]2)c1. The lowest BCUT2D eigenvalue weighted by Crippen LogP contribution is -2.12. The van der Waals surface area contributed by atoms with Gasteiger partial charge in [0.25, 0.3) is 5.56 Å². The van der Waals surface area contributed by atoms with Crippen LogP contribution in [0.25, 0.3) is 10.2 Å². The Morgan fingerprint density at radius 3 is 2.75 bits per heavy atom. The number of benzene rings is 1. The van der Waals surface area contributed by atoms with Gasteiger partial charge in [-0.2, -0.15) is 0 Å². The van der Waals surface area contributed by atoms with Gasteiger partial charge >= 0.3 is 0 Å². The lowest BCUT2D eigenvalue weighted by molar-refractivity contribution is 0.295. The van der Waals surface area contributed by atoms with Gasteiger partial charge in [0.15, 0.2) is 0 Å². The Morgan fingerprint density at radius 1 is 1.25 bits per heavy atom. The minimum Gasteiger partial charge on any atom is -0.486 e. The fraction of sp³-hybridized carbons (Fsp3) is 0.200. The Labute approximate surface area is 120 Å². The molecule has 3 rings (SSSR count). The molecule has 4 nitrogen and oxygen atoms in total. The van der Waals surface area contributed by atoms with Crippen molar-refractivity contribution >= 4 is 21.6 Å². The van der Waals surface area contributed by atoms with Crippen LogP contribution in [-0.2, 0) is 6.61 Å². The number of rotatable bonds is 3. The van der Waals surface area contributed by atoms with Crippen LogP contribution >= 0.6 is 11.3 Å². The number of hydrogen-bond donors (Lipinski definition) is 1. The van der Waals surface area contributed by atoms with Crippen LogP contribution < -0.4 is 10.3 Å². The summed E-state index contributed by atoms with van der Waals surface area (Å²) in [6, 6.07) is 7.86.